The van der Waals surface area contributed by atoms with Crippen molar-refractivity contribution in [2.45, 2.75) is 25.6 Å². The zero-order chi connectivity index (χ0) is 16.7. The Labute approximate surface area is 132 Å². The largest absolute Gasteiger partial charge is 0.505 e. The van der Waals surface area contributed by atoms with Crippen LogP contribution in [-0.2, 0) is 4.79 Å². The van der Waals surface area contributed by atoms with Crippen molar-refractivity contribution in [3.05, 3.63) is 47.2 Å². The minimum Gasteiger partial charge on any atom is -0.505 e. The van der Waals surface area contributed by atoms with Crippen molar-refractivity contribution < 1.29 is 19.8 Å². The van der Waals surface area contributed by atoms with Gasteiger partial charge in [-0.15, -0.1) is 0 Å². The van der Waals surface area contributed by atoms with Gasteiger partial charge in [0.05, 0.1) is 17.3 Å². The molecule has 7 heteroatoms. The summed E-state index contributed by atoms with van der Waals surface area (Å²) < 4.78 is 0. The monoisotopic (exact) mass is 315 g/mol. The van der Waals surface area contributed by atoms with Crippen LogP contribution in [0.15, 0.2) is 36.1 Å². The summed E-state index contributed by atoms with van der Waals surface area (Å²) in [6.07, 6.45) is 3.65. The van der Waals surface area contributed by atoms with E-state index in [-0.39, 0.29) is 22.9 Å². The van der Waals surface area contributed by atoms with E-state index in [4.69, 9.17) is 5.73 Å². The van der Waals surface area contributed by atoms with Crippen molar-refractivity contribution in [1.29, 1.82) is 0 Å². The van der Waals surface area contributed by atoms with Gasteiger partial charge in [-0.2, -0.15) is 0 Å². The Morgan fingerprint density at radius 2 is 2.22 bits per heavy atom. The van der Waals surface area contributed by atoms with Crippen LogP contribution in [0, 0.1) is 6.92 Å². The lowest BCUT2D eigenvalue weighted by atomic mass is 10.1. The van der Waals surface area contributed by atoms with Crippen LogP contribution in [0.2, 0.25) is 0 Å². The van der Waals surface area contributed by atoms with Crippen LogP contribution in [0.3, 0.4) is 0 Å². The van der Waals surface area contributed by atoms with Crippen LogP contribution in [0.25, 0.3) is 0 Å². The zero-order valence-electron chi connectivity index (χ0n) is 12.5. The number of fused-ring (bicyclic) bond motifs is 2. The van der Waals surface area contributed by atoms with Gasteiger partial charge in [0, 0.05) is 12.3 Å². The number of aryl methyl sites for hydroxylation is 1. The van der Waals surface area contributed by atoms with Gasteiger partial charge in [0.1, 0.15) is 12.0 Å². The SMILES string of the molecule is Cc1ccc2c(c1O)N[C@H](O)[C@H]1CC(/C=C/C(N)=O)=CN1C2=O. The molecule has 2 aliphatic heterocycles. The van der Waals surface area contributed by atoms with Gasteiger partial charge < -0.3 is 26.2 Å². The molecule has 0 spiro atoms. The van der Waals surface area contributed by atoms with E-state index in [0.717, 1.165) is 0 Å². The van der Waals surface area contributed by atoms with E-state index in [0.29, 0.717) is 17.6 Å². The minimum atomic E-state index is -1.05. The first-order chi connectivity index (χ1) is 10.9. The third-order valence-electron chi connectivity index (χ3n) is 4.07. The average molecular weight is 315 g/mol. The summed E-state index contributed by atoms with van der Waals surface area (Å²) >= 11 is 0. The predicted molar refractivity (Wildman–Crippen MR) is 83.5 cm³/mol. The topological polar surface area (TPSA) is 116 Å². The molecule has 0 fully saturated rings. The molecule has 0 radical (unpaired) electrons. The second-order valence-electron chi connectivity index (χ2n) is 5.67. The van der Waals surface area contributed by atoms with E-state index in [1.807, 2.05) is 0 Å². The molecule has 0 aliphatic carbocycles. The number of primary amides is 1. The Hall–Kier alpha value is -2.80. The van der Waals surface area contributed by atoms with Crippen LogP contribution < -0.4 is 11.1 Å². The van der Waals surface area contributed by atoms with Crippen molar-refractivity contribution in [1.82, 2.24) is 4.90 Å². The van der Waals surface area contributed by atoms with Gasteiger partial charge in [-0.05, 0) is 30.5 Å². The lowest BCUT2D eigenvalue weighted by Gasteiger charge is -2.24. The van der Waals surface area contributed by atoms with E-state index in [1.165, 1.54) is 17.1 Å². The number of phenols is 1. The number of phenolic OH excluding ortho intramolecular Hbond substituents is 1. The first-order valence-corrected chi connectivity index (χ1v) is 7.16. The second-order valence-corrected chi connectivity index (χ2v) is 5.67. The van der Waals surface area contributed by atoms with Gasteiger partial charge in [-0.1, -0.05) is 12.1 Å². The predicted octanol–water partition coefficient (Wildman–Crippen LogP) is 0.584. The lowest BCUT2D eigenvalue weighted by molar-refractivity contribution is -0.113. The number of anilines is 1. The highest BCUT2D eigenvalue weighted by molar-refractivity contribution is 6.03. The summed E-state index contributed by atoms with van der Waals surface area (Å²) in [5.41, 5.74) is 6.91. The minimum absolute atomic E-state index is 0.0473. The van der Waals surface area contributed by atoms with Crippen molar-refractivity contribution in [2.75, 3.05) is 5.32 Å². The number of amides is 2. The summed E-state index contributed by atoms with van der Waals surface area (Å²) in [7, 11) is 0. The van der Waals surface area contributed by atoms with E-state index in [1.54, 1.807) is 25.3 Å². The Bertz CT molecular complexity index is 754. The summed E-state index contributed by atoms with van der Waals surface area (Å²) in [6, 6.07) is 2.73. The van der Waals surface area contributed by atoms with Crippen molar-refractivity contribution >= 4 is 17.5 Å². The third kappa shape index (κ3) is 2.55. The molecule has 2 atom stereocenters. The number of aliphatic hydroxyl groups is 1. The number of aliphatic hydroxyl groups excluding tert-OH is 1. The van der Waals surface area contributed by atoms with Crippen LogP contribution >= 0.6 is 0 Å². The van der Waals surface area contributed by atoms with Crippen LogP contribution in [0.1, 0.15) is 22.3 Å². The summed E-state index contributed by atoms with van der Waals surface area (Å²) in [6.45, 7) is 1.72. The smallest absolute Gasteiger partial charge is 0.260 e. The number of hydrogen-bond donors (Lipinski definition) is 4. The highest BCUT2D eigenvalue weighted by Gasteiger charge is 2.39. The number of rotatable bonds is 2. The van der Waals surface area contributed by atoms with Crippen LogP contribution in [0.4, 0.5) is 5.69 Å². The average Bonchev–Trinajstić information content (AvgIpc) is 2.90. The molecule has 1 aromatic rings. The zero-order valence-corrected chi connectivity index (χ0v) is 12.5. The maximum absolute atomic E-state index is 12.7. The van der Waals surface area contributed by atoms with E-state index in [2.05, 4.69) is 5.32 Å². The summed E-state index contributed by atoms with van der Waals surface area (Å²) in [5, 5.41) is 23.3. The van der Waals surface area contributed by atoms with E-state index in [9.17, 15) is 19.8 Å². The van der Waals surface area contributed by atoms with Gasteiger partial charge in [0.25, 0.3) is 5.91 Å². The van der Waals surface area contributed by atoms with Gasteiger partial charge in [0.15, 0.2) is 0 Å². The Morgan fingerprint density at radius 3 is 2.91 bits per heavy atom. The van der Waals surface area contributed by atoms with Gasteiger partial charge in [-0.25, -0.2) is 0 Å². The fourth-order valence-corrected chi connectivity index (χ4v) is 2.84. The summed E-state index contributed by atoms with van der Waals surface area (Å²) in [5.74, 6) is -0.954. The van der Waals surface area contributed by atoms with Crippen LogP contribution in [-0.4, -0.2) is 39.2 Å². The normalized spacial score (nSPS) is 23.1. The summed E-state index contributed by atoms with van der Waals surface area (Å²) in [4.78, 5) is 25.0. The van der Waals surface area contributed by atoms with Gasteiger partial charge in [0.2, 0.25) is 5.91 Å². The number of allylic oxidation sites excluding steroid dienone is 1. The molecule has 0 saturated heterocycles. The van der Waals surface area contributed by atoms with Crippen LogP contribution in [0.5, 0.6) is 5.75 Å². The standard InChI is InChI=1S/C16H17N3O4/c1-8-2-4-10-13(14(8)21)18-15(22)11-6-9(3-5-12(17)20)7-19(11)16(10)23/h2-5,7,11,15,18,21-22H,6H2,1H3,(H2,17,20)/b5-3+/t11-,15-/m1/s1. The molecule has 2 heterocycles. The first-order valence-electron chi connectivity index (χ1n) is 7.16. The Morgan fingerprint density at radius 1 is 1.48 bits per heavy atom. The maximum atomic E-state index is 12.7. The molecule has 0 aromatic heterocycles. The Kier molecular flexibility index (Phi) is 3.57. The first kappa shape index (κ1) is 15.1. The molecule has 3 rings (SSSR count). The number of nitrogens with two attached hydrogens (primary N) is 1. The highest BCUT2D eigenvalue weighted by Crippen LogP contribution is 2.38. The maximum Gasteiger partial charge on any atom is 0.260 e. The number of benzene rings is 1. The molecule has 2 amide bonds. The highest BCUT2D eigenvalue weighted by atomic mass is 16.3. The molecule has 0 unspecified atom stereocenters. The molecule has 0 bridgehead atoms. The number of aromatic hydroxyl groups is 1. The molecule has 5 N–H and O–H groups in total. The molecule has 7 nitrogen and oxygen atoms in total. The van der Waals surface area contributed by atoms with E-state index < -0.39 is 18.2 Å². The molecule has 2 aliphatic rings. The van der Waals surface area contributed by atoms with Crippen molar-refractivity contribution in [3.8, 4) is 5.75 Å². The second kappa shape index (κ2) is 5.44. The Balaban J connectivity index is 2.01. The quantitative estimate of drug-likeness (QED) is 0.471. The molecular weight excluding hydrogens is 298 g/mol. The number of nitrogens with zero attached hydrogens (tertiary/aromatic N) is 1. The molecule has 120 valence electrons. The molecular formula is C16H17N3O4. The fourth-order valence-electron chi connectivity index (χ4n) is 2.84. The number of nitrogens with one attached hydrogen (secondary N) is 1. The van der Waals surface area contributed by atoms with Gasteiger partial charge in [-0.3, -0.25) is 9.59 Å². The molecule has 23 heavy (non-hydrogen) atoms. The lowest BCUT2D eigenvalue weighted by Crippen LogP contribution is -2.42. The fraction of sp³-hybridized carbons (Fsp3) is 0.250. The molecule has 1 aromatic carbocycles. The number of carbonyl (C=O) groups excluding carboxylic acids is 2. The number of hydrogen-bond acceptors (Lipinski definition) is 5. The van der Waals surface area contributed by atoms with E-state index >= 15 is 0 Å². The molecule has 0 saturated carbocycles. The third-order valence-corrected chi connectivity index (χ3v) is 4.07. The number of carbonyl (C=O) groups is 2. The van der Waals surface area contributed by atoms with Crippen molar-refractivity contribution in [3.63, 3.8) is 0 Å². The van der Waals surface area contributed by atoms with Gasteiger partial charge >= 0.3 is 0 Å². The van der Waals surface area contributed by atoms with Crippen molar-refractivity contribution in [2.24, 2.45) is 5.73 Å².